The van der Waals surface area contributed by atoms with Gasteiger partial charge in [0.2, 0.25) is 0 Å². The number of rotatable bonds is 6. The number of esters is 2. The Hall–Kier alpha value is -2.79. The van der Waals surface area contributed by atoms with Crippen LogP contribution in [0.15, 0.2) is 41.3 Å². The molecule has 10 nitrogen and oxygen atoms in total. The zero-order valence-electron chi connectivity index (χ0n) is 16.7. The summed E-state index contributed by atoms with van der Waals surface area (Å²) in [6.07, 6.45) is 3.46. The summed E-state index contributed by atoms with van der Waals surface area (Å²) in [5.41, 5.74) is -0.229. The highest BCUT2D eigenvalue weighted by Gasteiger charge is 2.64. The Morgan fingerprint density at radius 3 is 2.10 bits per heavy atom. The fourth-order valence-electron chi connectivity index (χ4n) is 5.30. The number of allylic oxidation sites excluding steroid dienone is 2. The zero-order chi connectivity index (χ0) is 22.5. The second-order valence-electron chi connectivity index (χ2n) is 7.95. The second kappa shape index (κ2) is 7.72. The number of carbonyl (C=O) groups excluding carboxylic acids is 2. The molecule has 0 N–H and O–H groups in total. The molecule has 4 aliphatic carbocycles. The Morgan fingerprint density at radius 1 is 1.00 bits per heavy atom. The monoisotopic (exact) mass is 451 g/mol. The predicted octanol–water partition coefficient (Wildman–Crippen LogP) is 1.70. The van der Waals surface area contributed by atoms with Crippen LogP contribution in [0.1, 0.15) is 6.42 Å². The third-order valence-corrected chi connectivity index (χ3v) is 8.02. The number of hydrogen-bond donors (Lipinski definition) is 0. The van der Waals surface area contributed by atoms with Gasteiger partial charge in [0.25, 0.3) is 15.8 Å². The summed E-state index contributed by atoms with van der Waals surface area (Å²) >= 11 is 0. The van der Waals surface area contributed by atoms with E-state index in [1.807, 2.05) is 12.2 Å². The fourth-order valence-corrected chi connectivity index (χ4v) is 6.41. The summed E-state index contributed by atoms with van der Waals surface area (Å²) < 4.78 is 40.7. The first kappa shape index (κ1) is 21.4. The van der Waals surface area contributed by atoms with Gasteiger partial charge in [-0.2, -0.15) is 8.42 Å². The lowest BCUT2D eigenvalue weighted by atomic mass is 9.45. The molecule has 31 heavy (non-hydrogen) atoms. The van der Waals surface area contributed by atoms with Gasteiger partial charge in [-0.15, -0.1) is 0 Å². The first-order valence-corrected chi connectivity index (χ1v) is 11.1. The maximum Gasteiger partial charge on any atom is 0.310 e. The largest absolute Gasteiger partial charge is 0.469 e. The minimum absolute atomic E-state index is 0.0166. The molecule has 0 aromatic heterocycles. The molecule has 2 bridgehead atoms. The molecule has 166 valence electrons. The van der Waals surface area contributed by atoms with E-state index in [0.29, 0.717) is 6.42 Å². The van der Waals surface area contributed by atoms with Crippen molar-refractivity contribution in [3.05, 3.63) is 46.5 Å². The Balaban J connectivity index is 1.57. The van der Waals surface area contributed by atoms with E-state index in [0.717, 1.165) is 24.3 Å². The first-order chi connectivity index (χ1) is 14.7. The van der Waals surface area contributed by atoms with E-state index in [2.05, 4.69) is 0 Å². The second-order valence-corrected chi connectivity index (χ2v) is 9.53. The maximum atomic E-state index is 12.7. The van der Waals surface area contributed by atoms with Crippen molar-refractivity contribution in [2.24, 2.45) is 35.5 Å². The summed E-state index contributed by atoms with van der Waals surface area (Å²) in [5.74, 6) is -3.47. The molecule has 1 aromatic rings. The molecule has 4 aliphatic rings. The average molecular weight is 451 g/mol. The third kappa shape index (κ3) is 3.41. The molecule has 0 unspecified atom stereocenters. The molecule has 7 atom stereocenters. The number of hydrogen-bond acceptors (Lipinski definition) is 9. The van der Waals surface area contributed by atoms with Gasteiger partial charge in [-0.3, -0.25) is 23.9 Å². The van der Waals surface area contributed by atoms with Crippen LogP contribution in [-0.2, 0) is 33.4 Å². The maximum absolute atomic E-state index is 12.7. The lowest BCUT2D eigenvalue weighted by Gasteiger charge is -2.59. The van der Waals surface area contributed by atoms with E-state index in [-0.39, 0.29) is 28.3 Å². The molecule has 5 rings (SSSR count). The van der Waals surface area contributed by atoms with Crippen LogP contribution >= 0.6 is 0 Å². The molecular formula is C20H21NO9S. The number of benzene rings is 1. The Kier molecular flexibility index (Phi) is 5.34. The number of fused-ring (bicyclic) bond motifs is 1. The zero-order valence-corrected chi connectivity index (χ0v) is 17.6. The molecule has 1 aromatic carbocycles. The molecule has 11 heteroatoms. The number of nitro benzene ring substituents is 1. The average Bonchev–Trinajstić information content (AvgIpc) is 2.75. The summed E-state index contributed by atoms with van der Waals surface area (Å²) in [4.78, 5) is 34.9. The molecule has 0 aliphatic heterocycles. The van der Waals surface area contributed by atoms with Crippen molar-refractivity contribution in [1.82, 2.24) is 0 Å². The van der Waals surface area contributed by atoms with Gasteiger partial charge in [0, 0.05) is 12.1 Å². The third-order valence-electron chi connectivity index (χ3n) is 6.67. The van der Waals surface area contributed by atoms with Gasteiger partial charge in [0.15, 0.2) is 0 Å². The Morgan fingerprint density at radius 2 is 1.55 bits per heavy atom. The number of nitro groups is 1. The van der Waals surface area contributed by atoms with Crippen LogP contribution in [-0.4, -0.2) is 45.6 Å². The van der Waals surface area contributed by atoms with Crippen LogP contribution in [0, 0.1) is 45.6 Å². The lowest BCUT2D eigenvalue weighted by molar-refractivity contribution is -0.384. The minimum Gasteiger partial charge on any atom is -0.469 e. The van der Waals surface area contributed by atoms with E-state index < -0.39 is 50.8 Å². The van der Waals surface area contributed by atoms with Crippen LogP contribution in [0.5, 0.6) is 0 Å². The van der Waals surface area contributed by atoms with Gasteiger partial charge in [0.1, 0.15) is 0 Å². The molecule has 0 spiro atoms. The summed E-state index contributed by atoms with van der Waals surface area (Å²) in [5, 5.41) is 10.8. The van der Waals surface area contributed by atoms with Crippen molar-refractivity contribution in [2.45, 2.75) is 17.4 Å². The molecule has 0 radical (unpaired) electrons. The highest BCUT2D eigenvalue weighted by atomic mass is 32.2. The number of methoxy groups -OCH3 is 2. The lowest BCUT2D eigenvalue weighted by Crippen LogP contribution is -2.63. The molecular weight excluding hydrogens is 430 g/mol. The molecule has 2 fully saturated rings. The van der Waals surface area contributed by atoms with E-state index in [9.17, 15) is 28.1 Å². The van der Waals surface area contributed by atoms with Crippen molar-refractivity contribution >= 4 is 27.7 Å². The van der Waals surface area contributed by atoms with Crippen LogP contribution in [0.2, 0.25) is 0 Å². The van der Waals surface area contributed by atoms with Crippen molar-refractivity contribution in [3.8, 4) is 0 Å². The van der Waals surface area contributed by atoms with Crippen molar-refractivity contribution in [1.29, 1.82) is 0 Å². The van der Waals surface area contributed by atoms with Crippen molar-refractivity contribution in [2.75, 3.05) is 14.2 Å². The molecule has 0 saturated heterocycles. The van der Waals surface area contributed by atoms with Crippen LogP contribution in [0.3, 0.4) is 0 Å². The van der Waals surface area contributed by atoms with E-state index in [1.165, 1.54) is 14.2 Å². The standard InChI is InChI=1S/C20H21NO9S/c1-28-19(22)17-12-7-8-13(18(17)20(23)29-2)16-14(12)9-15(16)30-31(26,27)11-5-3-10(4-6-11)21(24)25/h3-8,12-18H,9H2,1-2H3/t12-,13+,14+,15+,16-,17+,18-/m0/s1. The van der Waals surface area contributed by atoms with E-state index in [4.69, 9.17) is 13.7 Å². The smallest absolute Gasteiger partial charge is 0.310 e. The number of ether oxygens (including phenoxy) is 2. The van der Waals surface area contributed by atoms with Gasteiger partial charge in [-0.05, 0) is 42.2 Å². The van der Waals surface area contributed by atoms with E-state index >= 15 is 0 Å². The molecule has 2 saturated carbocycles. The fraction of sp³-hybridized carbons (Fsp3) is 0.500. The summed E-state index contributed by atoms with van der Waals surface area (Å²) in [6, 6.07) is 4.45. The van der Waals surface area contributed by atoms with Gasteiger partial charge >= 0.3 is 11.9 Å². The molecule has 0 amide bonds. The quantitative estimate of drug-likeness (QED) is 0.208. The number of non-ortho nitro benzene ring substituents is 1. The summed E-state index contributed by atoms with van der Waals surface area (Å²) in [6.45, 7) is 0. The predicted molar refractivity (Wildman–Crippen MR) is 104 cm³/mol. The highest BCUT2D eigenvalue weighted by Crippen LogP contribution is 2.61. The Bertz CT molecular complexity index is 1050. The van der Waals surface area contributed by atoms with Crippen LogP contribution in [0.4, 0.5) is 5.69 Å². The normalized spacial score (nSPS) is 33.2. The first-order valence-electron chi connectivity index (χ1n) is 9.71. The van der Waals surface area contributed by atoms with Gasteiger partial charge in [-0.1, -0.05) is 12.2 Å². The highest BCUT2D eigenvalue weighted by molar-refractivity contribution is 7.86. The van der Waals surface area contributed by atoms with Crippen LogP contribution < -0.4 is 0 Å². The van der Waals surface area contributed by atoms with Crippen molar-refractivity contribution < 1.29 is 36.6 Å². The topological polar surface area (TPSA) is 139 Å². The van der Waals surface area contributed by atoms with E-state index in [1.54, 1.807) is 0 Å². The molecule has 0 heterocycles. The van der Waals surface area contributed by atoms with Crippen molar-refractivity contribution in [3.63, 3.8) is 0 Å². The Labute approximate surface area is 178 Å². The minimum atomic E-state index is -4.16. The number of nitrogens with zero attached hydrogens (tertiary/aromatic N) is 1. The SMILES string of the molecule is COC(=O)[C@@H]1[C@H]2C=C[C@@H]([C@@H]1C(=O)OC)[C@H]1[C@@H]2C[C@H]1OS(=O)(=O)c1ccc([N+](=O)[O-])cc1. The van der Waals surface area contributed by atoms with Gasteiger partial charge < -0.3 is 9.47 Å². The number of carbonyl (C=O) groups is 2. The summed E-state index contributed by atoms with van der Waals surface area (Å²) in [7, 11) is -1.65. The van der Waals surface area contributed by atoms with Crippen LogP contribution in [0.25, 0.3) is 0 Å². The van der Waals surface area contributed by atoms with Gasteiger partial charge in [0.05, 0.1) is 42.0 Å². The van der Waals surface area contributed by atoms with Gasteiger partial charge in [-0.25, -0.2) is 0 Å².